The lowest BCUT2D eigenvalue weighted by Crippen LogP contribution is -2.20. The Morgan fingerprint density at radius 3 is 2.79 bits per heavy atom. The van der Waals surface area contributed by atoms with E-state index in [4.69, 9.17) is 5.73 Å². The van der Waals surface area contributed by atoms with Crippen LogP contribution >= 0.6 is 11.8 Å². The number of hydrogen-bond acceptors (Lipinski definition) is 11. The first-order chi connectivity index (χ1) is 16.0. The van der Waals surface area contributed by atoms with E-state index in [1.165, 1.54) is 16.4 Å². The molecular formula is C19H19N11O2S. The number of nitrogens with one attached hydrogen (secondary N) is 1. The second-order valence-corrected chi connectivity index (χ2v) is 7.72. The summed E-state index contributed by atoms with van der Waals surface area (Å²) < 4.78 is 7.70. The average Bonchev–Trinajstić information content (AvgIpc) is 3.52. The number of nitrogen functional groups attached to an aromatic ring is 1. The van der Waals surface area contributed by atoms with Crippen LogP contribution in [0.15, 0.2) is 57.1 Å². The Morgan fingerprint density at radius 1 is 1.27 bits per heavy atom. The summed E-state index contributed by atoms with van der Waals surface area (Å²) >= 11 is 1.33. The Balaban J connectivity index is 1.54. The van der Waals surface area contributed by atoms with Gasteiger partial charge in [-0.05, 0) is 28.4 Å². The molecule has 14 heteroatoms. The van der Waals surface area contributed by atoms with Gasteiger partial charge in [0.1, 0.15) is 6.33 Å². The Morgan fingerprint density at radius 2 is 2.09 bits per heavy atom. The predicted octanol–water partition coefficient (Wildman–Crippen LogP) is 1.47. The molecule has 0 atom stereocenters. The third-order valence-electron chi connectivity index (χ3n) is 4.31. The third-order valence-corrected chi connectivity index (χ3v) is 5.36. The van der Waals surface area contributed by atoms with Gasteiger partial charge in [-0.1, -0.05) is 53.4 Å². The summed E-state index contributed by atoms with van der Waals surface area (Å²) in [5.41, 5.74) is 10.6. The summed E-state index contributed by atoms with van der Waals surface area (Å²) in [6.45, 7) is 1.88. The van der Waals surface area contributed by atoms with Crippen molar-refractivity contribution in [2.75, 3.05) is 5.73 Å². The molecule has 0 aliphatic carbocycles. The first kappa shape index (κ1) is 21.9. The number of rotatable bonds is 8. The lowest BCUT2D eigenvalue weighted by atomic mass is 10.1. The number of nitrogens with zero attached hydrogens (tertiary/aromatic N) is 9. The van der Waals surface area contributed by atoms with Crippen LogP contribution in [-0.4, -0.2) is 52.2 Å². The molecule has 0 aliphatic rings. The second kappa shape index (κ2) is 9.86. The Labute approximate surface area is 191 Å². The third kappa shape index (κ3) is 5.12. The number of aromatic nitrogens is 8. The summed E-state index contributed by atoms with van der Waals surface area (Å²) in [5.74, 6) is -0.143. The number of nitrogens with two attached hydrogens (primary N) is 1. The Bertz CT molecular complexity index is 1310. The number of anilines is 1. The van der Waals surface area contributed by atoms with Crippen LogP contribution in [0.4, 0.5) is 5.82 Å². The molecule has 0 aliphatic heterocycles. The van der Waals surface area contributed by atoms with Gasteiger partial charge in [0.25, 0.3) is 5.91 Å². The van der Waals surface area contributed by atoms with Gasteiger partial charge in [0.05, 0.1) is 11.9 Å². The number of benzene rings is 1. The van der Waals surface area contributed by atoms with E-state index in [-0.39, 0.29) is 23.1 Å². The van der Waals surface area contributed by atoms with Crippen molar-refractivity contribution in [2.45, 2.75) is 17.8 Å². The number of hydrogen-bond donors (Lipinski definition) is 2. The molecule has 3 aromatic heterocycles. The normalized spacial score (nSPS) is 11.9. The highest BCUT2D eigenvalue weighted by Gasteiger charge is 2.24. The fourth-order valence-corrected chi connectivity index (χ4v) is 3.63. The summed E-state index contributed by atoms with van der Waals surface area (Å²) in [5, 5.41) is 27.8. The number of carbonyl (C=O) groups excluding carboxylic acids is 1. The second-order valence-electron chi connectivity index (χ2n) is 6.78. The van der Waals surface area contributed by atoms with Crippen molar-refractivity contribution in [3.8, 4) is 5.82 Å². The molecule has 33 heavy (non-hydrogen) atoms. The lowest BCUT2D eigenvalue weighted by Gasteiger charge is -2.05. The van der Waals surface area contributed by atoms with Crippen molar-refractivity contribution in [2.24, 2.45) is 12.1 Å². The molecule has 0 bridgehead atoms. The molecule has 0 fully saturated rings. The van der Waals surface area contributed by atoms with Gasteiger partial charge in [-0.2, -0.15) is 9.78 Å². The Hall–Kier alpha value is -4.33. The zero-order valence-electron chi connectivity index (χ0n) is 17.7. The van der Waals surface area contributed by atoms with Crippen molar-refractivity contribution in [1.29, 1.82) is 0 Å². The molecule has 0 unspecified atom stereocenters. The van der Waals surface area contributed by atoms with Crippen LogP contribution in [0.25, 0.3) is 11.9 Å². The largest absolute Gasteiger partial charge is 0.378 e. The fourth-order valence-electron chi connectivity index (χ4n) is 2.75. The molecule has 1 amide bonds. The average molecular weight is 466 g/mol. The van der Waals surface area contributed by atoms with Gasteiger partial charge in [-0.25, -0.2) is 10.1 Å². The molecule has 0 spiro atoms. The number of thioether (sulfide) groups is 1. The molecule has 4 rings (SSSR count). The van der Waals surface area contributed by atoms with Crippen LogP contribution in [0.2, 0.25) is 0 Å². The van der Waals surface area contributed by atoms with Crippen LogP contribution in [0.1, 0.15) is 28.7 Å². The van der Waals surface area contributed by atoms with Crippen molar-refractivity contribution in [3.63, 3.8) is 0 Å². The van der Waals surface area contributed by atoms with Crippen molar-refractivity contribution >= 4 is 35.8 Å². The minimum Gasteiger partial charge on any atom is -0.378 e. The quantitative estimate of drug-likeness (QED) is 0.221. The summed E-state index contributed by atoms with van der Waals surface area (Å²) in [6.07, 6.45) is 5.06. The number of carbonyl (C=O) groups is 1. The van der Waals surface area contributed by atoms with E-state index in [0.717, 1.165) is 11.1 Å². The van der Waals surface area contributed by atoms with Crippen LogP contribution < -0.4 is 11.2 Å². The van der Waals surface area contributed by atoms with E-state index in [1.54, 1.807) is 17.1 Å². The molecule has 4 aromatic rings. The lowest BCUT2D eigenvalue weighted by molar-refractivity contribution is 0.0949. The maximum Gasteiger partial charge on any atom is 0.293 e. The van der Waals surface area contributed by atoms with Crippen LogP contribution in [0.5, 0.6) is 0 Å². The summed E-state index contributed by atoms with van der Waals surface area (Å²) in [4.78, 5) is 12.8. The van der Waals surface area contributed by atoms with Gasteiger partial charge in [0.15, 0.2) is 10.9 Å². The zero-order chi connectivity index (χ0) is 23.2. The first-order valence-corrected chi connectivity index (χ1v) is 10.6. The van der Waals surface area contributed by atoms with Gasteiger partial charge in [0.2, 0.25) is 11.6 Å². The predicted molar refractivity (Wildman–Crippen MR) is 120 cm³/mol. The van der Waals surface area contributed by atoms with Crippen molar-refractivity contribution < 1.29 is 9.42 Å². The maximum absolute atomic E-state index is 12.8. The molecule has 168 valence electrons. The van der Waals surface area contributed by atoms with Crippen molar-refractivity contribution in [1.82, 2.24) is 45.5 Å². The standard InChI is InChI=1S/C19H19N11O2S/c1-12(8-13-6-4-3-5-7-13)9-21-24-18(31)15-14(10-33-19-25-22-11-29(19)2)30(28-23-15)17-16(20)26-32-27-17/h3-9,11H,10H2,1-2H3,(H2,20,26)(H,24,31). The molecule has 3 heterocycles. The van der Waals surface area contributed by atoms with E-state index in [2.05, 4.69) is 46.0 Å². The van der Waals surface area contributed by atoms with E-state index in [0.29, 0.717) is 10.9 Å². The van der Waals surface area contributed by atoms with Crippen molar-refractivity contribution in [3.05, 3.63) is 59.2 Å². The van der Waals surface area contributed by atoms with E-state index in [1.807, 2.05) is 50.4 Å². The molecule has 1 aromatic carbocycles. The topological polar surface area (TPSA) is 168 Å². The van der Waals surface area contributed by atoms with Gasteiger partial charge >= 0.3 is 0 Å². The highest BCUT2D eigenvalue weighted by molar-refractivity contribution is 7.98. The molecule has 0 saturated carbocycles. The molecular weight excluding hydrogens is 446 g/mol. The van der Waals surface area contributed by atoms with E-state index < -0.39 is 5.91 Å². The molecule has 0 radical (unpaired) electrons. The number of allylic oxidation sites excluding steroid dienone is 1. The molecule has 3 N–H and O–H groups in total. The SMILES string of the molecule is CC(C=NNC(=O)c1nnn(-c2nonc2N)c1CSc1nncn1C)=Cc1ccccc1. The fraction of sp³-hybridized carbons (Fsp3) is 0.158. The number of amides is 1. The maximum atomic E-state index is 12.8. The first-order valence-electron chi connectivity index (χ1n) is 9.59. The van der Waals surface area contributed by atoms with Gasteiger partial charge in [-0.3, -0.25) is 4.79 Å². The minimum absolute atomic E-state index is 0.0106. The highest BCUT2D eigenvalue weighted by atomic mass is 32.2. The van der Waals surface area contributed by atoms with Crippen LogP contribution in [-0.2, 0) is 12.8 Å². The van der Waals surface area contributed by atoms with E-state index in [9.17, 15) is 4.79 Å². The monoisotopic (exact) mass is 465 g/mol. The highest BCUT2D eigenvalue weighted by Crippen LogP contribution is 2.24. The number of hydrazone groups is 1. The Kier molecular flexibility index (Phi) is 6.54. The molecule has 0 saturated heterocycles. The van der Waals surface area contributed by atoms with Crippen LogP contribution in [0.3, 0.4) is 0 Å². The smallest absolute Gasteiger partial charge is 0.293 e. The van der Waals surface area contributed by atoms with Gasteiger partial charge in [-0.15, -0.1) is 15.3 Å². The summed E-state index contributed by atoms with van der Waals surface area (Å²) in [6, 6.07) is 9.77. The number of aryl methyl sites for hydroxylation is 1. The molecule has 13 nitrogen and oxygen atoms in total. The zero-order valence-corrected chi connectivity index (χ0v) is 18.5. The van der Waals surface area contributed by atoms with Crippen LogP contribution in [0, 0.1) is 0 Å². The summed E-state index contributed by atoms with van der Waals surface area (Å²) in [7, 11) is 1.81. The van der Waals surface area contributed by atoms with Gasteiger partial charge in [0, 0.05) is 12.8 Å². The van der Waals surface area contributed by atoms with Gasteiger partial charge < -0.3 is 10.3 Å². The van der Waals surface area contributed by atoms with E-state index >= 15 is 0 Å². The minimum atomic E-state index is -0.548.